The Morgan fingerprint density at radius 1 is 1.50 bits per heavy atom. The highest BCUT2D eigenvalue weighted by Crippen LogP contribution is 2.15. The lowest BCUT2D eigenvalue weighted by atomic mass is 10.1. The smallest absolute Gasteiger partial charge is 0.239 e. The van der Waals surface area contributed by atoms with Gasteiger partial charge in [0.05, 0.1) is 6.04 Å². The molecule has 2 unspecified atom stereocenters. The van der Waals surface area contributed by atoms with E-state index in [4.69, 9.17) is 5.11 Å². The number of nitrogens with zero attached hydrogens (tertiary/aromatic N) is 1. The molecule has 0 aliphatic carbocycles. The molecule has 0 bridgehead atoms. The summed E-state index contributed by atoms with van der Waals surface area (Å²) in [4.78, 5) is 13.9. The van der Waals surface area contributed by atoms with Crippen LogP contribution >= 0.6 is 0 Å². The Bertz CT molecular complexity index is 231. The molecule has 0 spiro atoms. The van der Waals surface area contributed by atoms with Crippen LogP contribution in [0.2, 0.25) is 0 Å². The fourth-order valence-electron chi connectivity index (χ4n) is 2.17. The number of aliphatic hydroxyl groups excluding tert-OH is 1. The first-order valence-corrected chi connectivity index (χ1v) is 6.20. The molecule has 1 heterocycles. The summed E-state index contributed by atoms with van der Waals surface area (Å²) < 4.78 is 0. The largest absolute Gasteiger partial charge is 0.396 e. The van der Waals surface area contributed by atoms with Gasteiger partial charge in [-0.3, -0.25) is 4.79 Å². The predicted molar refractivity (Wildman–Crippen MR) is 64.1 cm³/mol. The molecule has 1 fully saturated rings. The van der Waals surface area contributed by atoms with Gasteiger partial charge < -0.3 is 15.3 Å². The molecule has 0 saturated carbocycles. The monoisotopic (exact) mass is 228 g/mol. The van der Waals surface area contributed by atoms with Gasteiger partial charge in [0.25, 0.3) is 0 Å². The van der Waals surface area contributed by atoms with E-state index >= 15 is 0 Å². The highest BCUT2D eigenvalue weighted by molar-refractivity contribution is 5.84. The number of carbonyl (C=O) groups excluding carboxylic acids is 1. The average Bonchev–Trinajstić information content (AvgIpc) is 2.50. The Kier molecular flexibility index (Phi) is 5.22. The SMILES string of the molecule is CC(CCO)CN1CCC(NC(C)C)C1=O. The quantitative estimate of drug-likeness (QED) is 0.700. The van der Waals surface area contributed by atoms with Crippen molar-refractivity contribution < 1.29 is 9.90 Å². The van der Waals surface area contributed by atoms with Crippen molar-refractivity contribution in [3.05, 3.63) is 0 Å². The van der Waals surface area contributed by atoms with Crippen LogP contribution in [0, 0.1) is 5.92 Å². The summed E-state index contributed by atoms with van der Waals surface area (Å²) in [7, 11) is 0. The number of carbonyl (C=O) groups is 1. The van der Waals surface area contributed by atoms with E-state index in [0.29, 0.717) is 12.0 Å². The van der Waals surface area contributed by atoms with Crippen molar-refractivity contribution in [2.45, 2.75) is 45.7 Å². The summed E-state index contributed by atoms with van der Waals surface area (Å²) in [6.07, 6.45) is 1.68. The second-order valence-corrected chi connectivity index (χ2v) is 5.06. The van der Waals surface area contributed by atoms with Crippen LogP contribution in [-0.4, -0.2) is 47.7 Å². The molecule has 1 aliphatic rings. The van der Waals surface area contributed by atoms with Crippen molar-refractivity contribution in [1.82, 2.24) is 10.2 Å². The number of likely N-dealkylation sites (tertiary alicyclic amines) is 1. The molecule has 2 N–H and O–H groups in total. The van der Waals surface area contributed by atoms with Crippen LogP contribution in [0.3, 0.4) is 0 Å². The molecule has 0 radical (unpaired) electrons. The van der Waals surface area contributed by atoms with Crippen molar-refractivity contribution in [1.29, 1.82) is 0 Å². The summed E-state index contributed by atoms with van der Waals surface area (Å²) in [6.45, 7) is 8.02. The zero-order valence-electron chi connectivity index (χ0n) is 10.6. The van der Waals surface area contributed by atoms with Crippen LogP contribution in [0.4, 0.5) is 0 Å². The fourth-order valence-corrected chi connectivity index (χ4v) is 2.17. The molecule has 4 nitrogen and oxygen atoms in total. The van der Waals surface area contributed by atoms with Gasteiger partial charge in [0.15, 0.2) is 0 Å². The van der Waals surface area contributed by atoms with Crippen LogP contribution in [0.25, 0.3) is 0 Å². The summed E-state index contributed by atoms with van der Waals surface area (Å²) in [6, 6.07) is 0.352. The fraction of sp³-hybridized carbons (Fsp3) is 0.917. The molecule has 94 valence electrons. The molecular weight excluding hydrogens is 204 g/mol. The van der Waals surface area contributed by atoms with Crippen molar-refractivity contribution in [2.24, 2.45) is 5.92 Å². The van der Waals surface area contributed by atoms with E-state index in [-0.39, 0.29) is 18.6 Å². The topological polar surface area (TPSA) is 52.6 Å². The minimum absolute atomic E-state index is 0.00123. The standard InChI is InChI=1S/C12H24N2O2/c1-9(2)13-11-4-6-14(12(11)16)8-10(3)5-7-15/h9-11,13,15H,4-8H2,1-3H3. The molecule has 1 aliphatic heterocycles. The third kappa shape index (κ3) is 3.76. The minimum atomic E-state index is 0.00123. The molecule has 16 heavy (non-hydrogen) atoms. The molecule has 0 aromatic carbocycles. The maximum Gasteiger partial charge on any atom is 0.239 e. The Morgan fingerprint density at radius 3 is 2.75 bits per heavy atom. The number of rotatable bonds is 6. The van der Waals surface area contributed by atoms with Crippen molar-refractivity contribution >= 4 is 5.91 Å². The summed E-state index contributed by atoms with van der Waals surface area (Å²) in [5, 5.41) is 12.1. The van der Waals surface area contributed by atoms with Crippen molar-refractivity contribution in [3.63, 3.8) is 0 Å². The molecule has 1 amide bonds. The second kappa shape index (κ2) is 6.21. The number of amides is 1. The van der Waals surface area contributed by atoms with Gasteiger partial charge >= 0.3 is 0 Å². The molecule has 0 aromatic rings. The molecular formula is C12H24N2O2. The van der Waals surface area contributed by atoms with E-state index in [1.807, 2.05) is 4.90 Å². The van der Waals surface area contributed by atoms with Gasteiger partial charge in [-0.25, -0.2) is 0 Å². The Hall–Kier alpha value is -0.610. The number of hydrogen-bond acceptors (Lipinski definition) is 3. The zero-order valence-corrected chi connectivity index (χ0v) is 10.6. The van der Waals surface area contributed by atoms with E-state index in [9.17, 15) is 4.79 Å². The number of aliphatic hydroxyl groups is 1. The van der Waals surface area contributed by atoms with Crippen molar-refractivity contribution in [3.8, 4) is 0 Å². The maximum absolute atomic E-state index is 12.0. The van der Waals surface area contributed by atoms with E-state index in [2.05, 4.69) is 26.1 Å². The van der Waals surface area contributed by atoms with Crippen LogP contribution < -0.4 is 5.32 Å². The summed E-state index contributed by atoms with van der Waals surface area (Å²) in [5.74, 6) is 0.602. The van der Waals surface area contributed by atoms with E-state index < -0.39 is 0 Å². The first-order valence-electron chi connectivity index (χ1n) is 6.20. The highest BCUT2D eigenvalue weighted by Gasteiger charge is 2.31. The molecule has 4 heteroatoms. The van der Waals surface area contributed by atoms with Gasteiger partial charge in [0.1, 0.15) is 0 Å². The third-order valence-corrected chi connectivity index (χ3v) is 2.99. The van der Waals surface area contributed by atoms with Gasteiger partial charge in [-0.15, -0.1) is 0 Å². The van der Waals surface area contributed by atoms with E-state index in [0.717, 1.165) is 25.9 Å². The van der Waals surface area contributed by atoms with Gasteiger partial charge in [0.2, 0.25) is 5.91 Å². The lowest BCUT2D eigenvalue weighted by Gasteiger charge is -2.21. The predicted octanol–water partition coefficient (Wildman–Crippen LogP) is 0.604. The van der Waals surface area contributed by atoms with Crippen LogP contribution in [0.1, 0.15) is 33.6 Å². The molecule has 2 atom stereocenters. The van der Waals surface area contributed by atoms with Crippen LogP contribution in [-0.2, 0) is 4.79 Å². The van der Waals surface area contributed by atoms with Crippen LogP contribution in [0.15, 0.2) is 0 Å². The minimum Gasteiger partial charge on any atom is -0.396 e. The first kappa shape index (κ1) is 13.5. The Balaban J connectivity index is 2.38. The number of hydrogen-bond donors (Lipinski definition) is 2. The second-order valence-electron chi connectivity index (χ2n) is 5.06. The van der Waals surface area contributed by atoms with E-state index in [1.54, 1.807) is 0 Å². The maximum atomic E-state index is 12.0. The lowest BCUT2D eigenvalue weighted by molar-refractivity contribution is -0.130. The molecule has 1 rings (SSSR count). The zero-order chi connectivity index (χ0) is 12.1. The Morgan fingerprint density at radius 2 is 2.19 bits per heavy atom. The van der Waals surface area contributed by atoms with Gasteiger partial charge in [-0.05, 0) is 18.8 Å². The highest BCUT2D eigenvalue weighted by atomic mass is 16.3. The lowest BCUT2D eigenvalue weighted by Crippen LogP contribution is -2.42. The van der Waals surface area contributed by atoms with Gasteiger partial charge in [-0.1, -0.05) is 20.8 Å². The van der Waals surface area contributed by atoms with E-state index in [1.165, 1.54) is 0 Å². The third-order valence-electron chi connectivity index (χ3n) is 2.99. The average molecular weight is 228 g/mol. The first-order chi connectivity index (χ1) is 7.54. The normalized spacial score (nSPS) is 23.2. The van der Waals surface area contributed by atoms with Crippen molar-refractivity contribution in [2.75, 3.05) is 19.7 Å². The summed E-state index contributed by atoms with van der Waals surface area (Å²) >= 11 is 0. The molecule has 0 aromatic heterocycles. The number of nitrogens with one attached hydrogen (secondary N) is 1. The Labute approximate surface area is 98.0 Å². The van der Waals surface area contributed by atoms with Crippen LogP contribution in [0.5, 0.6) is 0 Å². The van der Waals surface area contributed by atoms with Gasteiger partial charge in [-0.2, -0.15) is 0 Å². The summed E-state index contributed by atoms with van der Waals surface area (Å²) in [5.41, 5.74) is 0. The molecule has 1 saturated heterocycles. The van der Waals surface area contributed by atoms with Gasteiger partial charge in [0, 0.05) is 25.7 Å².